The van der Waals surface area contributed by atoms with E-state index in [4.69, 9.17) is 28.4 Å². The molecular formula is C33H44O13. The Labute approximate surface area is 267 Å². The van der Waals surface area contributed by atoms with Crippen LogP contribution >= 0.6 is 0 Å². The molecule has 2 bridgehead atoms. The van der Waals surface area contributed by atoms with Gasteiger partial charge in [0.25, 0.3) is 0 Å². The Morgan fingerprint density at radius 2 is 1.46 bits per heavy atom. The zero-order valence-corrected chi connectivity index (χ0v) is 27.4. The van der Waals surface area contributed by atoms with Gasteiger partial charge in [0.05, 0.1) is 34.7 Å². The van der Waals surface area contributed by atoms with Gasteiger partial charge in [-0.2, -0.15) is 0 Å². The Balaban J connectivity index is 2.13. The highest BCUT2D eigenvalue weighted by Gasteiger charge is 2.88. The number of aliphatic hydroxyl groups excluding tert-OH is 1. The summed E-state index contributed by atoms with van der Waals surface area (Å²) in [5, 5.41) is 24.0. The van der Waals surface area contributed by atoms with Crippen molar-refractivity contribution in [2.24, 2.45) is 17.3 Å². The summed E-state index contributed by atoms with van der Waals surface area (Å²) in [6, 6.07) is 7.88. The van der Waals surface area contributed by atoms with E-state index in [1.165, 1.54) is 19.1 Å². The second-order valence-corrected chi connectivity index (χ2v) is 13.3. The second kappa shape index (κ2) is 12.6. The van der Waals surface area contributed by atoms with Gasteiger partial charge in [-0.1, -0.05) is 32.0 Å². The van der Waals surface area contributed by atoms with Gasteiger partial charge in [-0.3, -0.25) is 19.2 Å². The van der Waals surface area contributed by atoms with Crippen LogP contribution in [-0.4, -0.2) is 94.0 Å². The highest BCUT2D eigenvalue weighted by molar-refractivity contribution is 5.89. The molecule has 3 fully saturated rings. The van der Waals surface area contributed by atoms with Crippen molar-refractivity contribution < 1.29 is 62.6 Å². The summed E-state index contributed by atoms with van der Waals surface area (Å²) in [7, 11) is 0. The number of aliphatic hydroxyl groups is 2. The van der Waals surface area contributed by atoms with E-state index >= 15 is 0 Å². The minimum atomic E-state index is -2.22. The summed E-state index contributed by atoms with van der Waals surface area (Å²) in [5.41, 5.74) is -7.79. The molecule has 254 valence electrons. The molecule has 3 aliphatic rings. The van der Waals surface area contributed by atoms with Crippen LogP contribution in [0.1, 0.15) is 78.6 Å². The molecule has 46 heavy (non-hydrogen) atoms. The molecule has 0 aromatic heterocycles. The van der Waals surface area contributed by atoms with Gasteiger partial charge in [0.15, 0.2) is 11.7 Å². The molecule has 2 unspecified atom stereocenters. The third-order valence-corrected chi connectivity index (χ3v) is 9.67. The second-order valence-electron chi connectivity index (χ2n) is 13.3. The van der Waals surface area contributed by atoms with Crippen molar-refractivity contribution in [3.63, 3.8) is 0 Å². The van der Waals surface area contributed by atoms with E-state index in [9.17, 15) is 34.2 Å². The predicted molar refractivity (Wildman–Crippen MR) is 158 cm³/mol. The summed E-state index contributed by atoms with van der Waals surface area (Å²) < 4.78 is 36.5. The lowest BCUT2D eigenvalue weighted by Gasteiger charge is -2.66. The monoisotopic (exact) mass is 648 g/mol. The number of benzene rings is 1. The van der Waals surface area contributed by atoms with Gasteiger partial charge in [-0.15, -0.1) is 0 Å². The van der Waals surface area contributed by atoms with Crippen LogP contribution in [0.4, 0.5) is 0 Å². The van der Waals surface area contributed by atoms with Crippen LogP contribution in [0.5, 0.6) is 0 Å². The number of hydrogen-bond acceptors (Lipinski definition) is 13. The average molecular weight is 649 g/mol. The summed E-state index contributed by atoms with van der Waals surface area (Å²) in [6.45, 7) is 10.6. The maximum absolute atomic E-state index is 13.8. The number of rotatable bonds is 9. The first-order valence-corrected chi connectivity index (χ1v) is 15.4. The maximum atomic E-state index is 13.8. The number of ether oxygens (including phenoxy) is 6. The van der Waals surface area contributed by atoms with Crippen molar-refractivity contribution in [3.05, 3.63) is 35.9 Å². The van der Waals surface area contributed by atoms with Crippen LogP contribution < -0.4 is 0 Å². The van der Waals surface area contributed by atoms with E-state index in [0.29, 0.717) is 6.42 Å². The number of hydrogen-bond donors (Lipinski definition) is 2. The molecule has 1 saturated heterocycles. The van der Waals surface area contributed by atoms with Gasteiger partial charge in [0, 0.05) is 27.2 Å². The molecule has 13 nitrogen and oxygen atoms in total. The summed E-state index contributed by atoms with van der Waals surface area (Å²) in [6.07, 6.45) is -8.03. The number of carbonyl (C=O) groups excluding carboxylic acids is 5. The standard InChI is InChI=1S/C33H44O13/c1-9-17(2)28(38)41-16-32-25(43-19(4)35)22(37)15-31(8,40)33(32)26(44-20(5)36)23(30(6,7)46-33)24(42-18(3)34)27(32)45-29(39)21-13-11-10-12-14-21/h10-14,17,22-27,37,40H,9,15-16H2,1-8H3/t17?,22-,23+,24-,25?,26+,27+,31-,32-,33-/m0/s1. The van der Waals surface area contributed by atoms with Crippen LogP contribution in [0, 0.1) is 17.3 Å². The molecule has 4 rings (SSSR count). The normalized spacial score (nSPS) is 36.4. The van der Waals surface area contributed by atoms with Crippen molar-refractivity contribution in [1.82, 2.24) is 0 Å². The highest BCUT2D eigenvalue weighted by atomic mass is 16.6. The van der Waals surface area contributed by atoms with Crippen LogP contribution in [0.25, 0.3) is 0 Å². The van der Waals surface area contributed by atoms with Gasteiger partial charge in [0.1, 0.15) is 30.3 Å². The lowest BCUT2D eigenvalue weighted by Crippen LogP contribution is -2.85. The quantitative estimate of drug-likeness (QED) is 0.294. The first-order valence-electron chi connectivity index (χ1n) is 15.4. The van der Waals surface area contributed by atoms with Gasteiger partial charge < -0.3 is 38.6 Å². The van der Waals surface area contributed by atoms with Gasteiger partial charge in [-0.05, 0) is 39.3 Å². The van der Waals surface area contributed by atoms with Crippen LogP contribution in [0.2, 0.25) is 0 Å². The molecule has 1 heterocycles. The van der Waals surface area contributed by atoms with Crippen molar-refractivity contribution in [2.45, 2.75) is 116 Å². The van der Waals surface area contributed by atoms with Crippen molar-refractivity contribution in [3.8, 4) is 0 Å². The van der Waals surface area contributed by atoms with Gasteiger partial charge >= 0.3 is 29.8 Å². The fourth-order valence-corrected chi connectivity index (χ4v) is 7.80. The first-order chi connectivity index (χ1) is 21.4. The van der Waals surface area contributed by atoms with E-state index in [-0.39, 0.29) is 5.56 Å². The number of esters is 5. The zero-order valence-electron chi connectivity index (χ0n) is 27.4. The van der Waals surface area contributed by atoms with Crippen molar-refractivity contribution >= 4 is 29.8 Å². The summed E-state index contributed by atoms with van der Waals surface area (Å²) in [5.74, 6) is -5.72. The molecule has 2 aliphatic carbocycles. The Morgan fingerprint density at radius 1 is 0.891 bits per heavy atom. The summed E-state index contributed by atoms with van der Waals surface area (Å²) in [4.78, 5) is 65.3. The molecule has 0 radical (unpaired) electrons. The van der Waals surface area contributed by atoms with E-state index in [0.717, 1.165) is 20.8 Å². The number of fused-ring (bicyclic) bond motifs is 1. The van der Waals surface area contributed by atoms with Crippen molar-refractivity contribution in [1.29, 1.82) is 0 Å². The Kier molecular flexibility index (Phi) is 9.65. The lowest BCUT2D eigenvalue weighted by molar-refractivity contribution is -0.363. The van der Waals surface area contributed by atoms with Crippen LogP contribution in [0.3, 0.4) is 0 Å². The largest absolute Gasteiger partial charge is 0.464 e. The SMILES string of the molecule is CCC(C)C(=O)OC[C@@]12C(OC(C)=O)[C@@H](O)C[C@](C)(O)[C@]13OC(C)(C)[C@H]([C@H](OC(C)=O)[C@H]2OC(=O)c1ccccc1)[C@H]3OC(C)=O. The van der Waals surface area contributed by atoms with Crippen molar-refractivity contribution in [2.75, 3.05) is 6.61 Å². The molecule has 1 aromatic carbocycles. The third-order valence-electron chi connectivity index (χ3n) is 9.67. The molecule has 2 N–H and O–H groups in total. The van der Waals surface area contributed by atoms with Crippen LogP contribution in [-0.2, 0) is 47.6 Å². The lowest BCUT2D eigenvalue weighted by atomic mass is 9.45. The topological polar surface area (TPSA) is 181 Å². The van der Waals surface area contributed by atoms with Gasteiger partial charge in [-0.25, -0.2) is 4.79 Å². The molecule has 1 aliphatic heterocycles. The zero-order chi connectivity index (χ0) is 34.4. The Bertz CT molecular complexity index is 1360. The fraction of sp³-hybridized carbons (Fsp3) is 0.667. The molecule has 1 aromatic rings. The van der Waals surface area contributed by atoms with E-state index in [1.54, 1.807) is 45.9 Å². The van der Waals surface area contributed by atoms with E-state index < -0.39 is 107 Å². The molecule has 10 atom stereocenters. The predicted octanol–water partition coefficient (Wildman–Crippen LogP) is 2.28. The Hall–Kier alpha value is -3.55. The molecule has 2 saturated carbocycles. The highest BCUT2D eigenvalue weighted by Crippen LogP contribution is 2.69. The Morgan fingerprint density at radius 3 is 2.00 bits per heavy atom. The van der Waals surface area contributed by atoms with E-state index in [2.05, 4.69) is 0 Å². The smallest absolute Gasteiger partial charge is 0.338 e. The molecule has 13 heteroatoms. The summed E-state index contributed by atoms with van der Waals surface area (Å²) >= 11 is 0. The third kappa shape index (κ3) is 5.66. The van der Waals surface area contributed by atoms with Gasteiger partial charge in [0.2, 0.25) is 0 Å². The van der Waals surface area contributed by atoms with E-state index in [1.807, 2.05) is 0 Å². The minimum Gasteiger partial charge on any atom is -0.464 e. The maximum Gasteiger partial charge on any atom is 0.338 e. The fourth-order valence-electron chi connectivity index (χ4n) is 7.80. The molecule has 1 spiro atoms. The number of carbonyl (C=O) groups is 5. The first kappa shape index (κ1) is 35.3. The molecular weight excluding hydrogens is 604 g/mol. The minimum absolute atomic E-state index is 0.103. The molecule has 0 amide bonds. The van der Waals surface area contributed by atoms with Crippen LogP contribution in [0.15, 0.2) is 30.3 Å². The average Bonchev–Trinajstić information content (AvgIpc) is 3.16.